The molecule has 0 aliphatic carbocycles. The van der Waals surface area contributed by atoms with Gasteiger partial charge in [-0.15, -0.1) is 0 Å². The Morgan fingerprint density at radius 1 is 1.57 bits per heavy atom. The first-order valence-corrected chi connectivity index (χ1v) is 5.05. The summed E-state index contributed by atoms with van der Waals surface area (Å²) in [5, 5.41) is 0. The number of hydrogen-bond donors (Lipinski definition) is 1. The van der Waals surface area contributed by atoms with Crippen molar-refractivity contribution < 1.29 is 9.59 Å². The summed E-state index contributed by atoms with van der Waals surface area (Å²) in [7, 11) is 0. The van der Waals surface area contributed by atoms with Crippen molar-refractivity contribution >= 4 is 11.8 Å². The van der Waals surface area contributed by atoms with Crippen LogP contribution in [0.5, 0.6) is 0 Å². The highest BCUT2D eigenvalue weighted by Crippen LogP contribution is 2.22. The van der Waals surface area contributed by atoms with Crippen molar-refractivity contribution in [3.8, 4) is 0 Å². The van der Waals surface area contributed by atoms with Crippen LogP contribution < -0.4 is 5.73 Å². The monoisotopic (exact) mass is 198 g/mol. The van der Waals surface area contributed by atoms with Gasteiger partial charge in [0, 0.05) is 12.5 Å². The van der Waals surface area contributed by atoms with Gasteiger partial charge in [-0.1, -0.05) is 20.8 Å². The van der Waals surface area contributed by atoms with Gasteiger partial charge in [0.15, 0.2) is 0 Å². The Morgan fingerprint density at radius 3 is 2.43 bits per heavy atom. The number of primary amides is 1. The molecule has 1 heterocycles. The summed E-state index contributed by atoms with van der Waals surface area (Å²) in [6.07, 6.45) is 0.829. The smallest absolute Gasteiger partial charge is 0.240 e. The van der Waals surface area contributed by atoms with E-state index >= 15 is 0 Å². The molecule has 4 heteroatoms. The number of carbonyl (C=O) groups excluding carboxylic acids is 2. The normalized spacial score (nSPS) is 24.4. The lowest BCUT2D eigenvalue weighted by atomic mass is 10.0. The molecule has 0 saturated carbocycles. The number of carbonyl (C=O) groups is 2. The van der Waals surface area contributed by atoms with Crippen molar-refractivity contribution in [2.45, 2.75) is 33.2 Å². The number of nitrogens with two attached hydrogens (primary N) is 1. The van der Waals surface area contributed by atoms with Gasteiger partial charge in [-0.25, -0.2) is 0 Å². The molecule has 0 bridgehead atoms. The minimum absolute atomic E-state index is 0.0376. The zero-order valence-corrected chi connectivity index (χ0v) is 8.99. The molecule has 0 spiro atoms. The maximum Gasteiger partial charge on any atom is 0.240 e. The standard InChI is InChI=1S/C10H18N2O2/c1-6(2)8(9(11)13)12-5-4-7(3)10(12)14/h6-8H,4-5H2,1-3H3,(H2,11,13). The third-order valence-corrected chi connectivity index (χ3v) is 2.77. The molecule has 2 atom stereocenters. The fraction of sp³-hybridized carbons (Fsp3) is 0.800. The second-order valence-corrected chi connectivity index (χ2v) is 4.31. The Labute approximate surface area is 84.4 Å². The average Bonchev–Trinajstić information content (AvgIpc) is 2.35. The van der Waals surface area contributed by atoms with Crippen LogP contribution in [0.4, 0.5) is 0 Å². The second kappa shape index (κ2) is 3.98. The van der Waals surface area contributed by atoms with E-state index in [0.29, 0.717) is 6.54 Å². The first kappa shape index (κ1) is 11.0. The van der Waals surface area contributed by atoms with Crippen molar-refractivity contribution in [1.29, 1.82) is 0 Å². The van der Waals surface area contributed by atoms with Gasteiger partial charge in [0.1, 0.15) is 6.04 Å². The van der Waals surface area contributed by atoms with Gasteiger partial charge in [-0.3, -0.25) is 9.59 Å². The topological polar surface area (TPSA) is 63.4 Å². The Kier molecular flexibility index (Phi) is 3.13. The van der Waals surface area contributed by atoms with Gasteiger partial charge in [0.05, 0.1) is 0 Å². The fourth-order valence-electron chi connectivity index (χ4n) is 1.97. The summed E-state index contributed by atoms with van der Waals surface area (Å²) in [6, 6.07) is -0.438. The van der Waals surface area contributed by atoms with E-state index in [2.05, 4.69) is 0 Å². The summed E-state index contributed by atoms with van der Waals surface area (Å²) < 4.78 is 0. The number of rotatable bonds is 3. The lowest BCUT2D eigenvalue weighted by Crippen LogP contribution is -2.49. The van der Waals surface area contributed by atoms with Crippen LogP contribution in [-0.4, -0.2) is 29.3 Å². The van der Waals surface area contributed by atoms with E-state index < -0.39 is 11.9 Å². The molecular weight excluding hydrogens is 180 g/mol. The molecular formula is C10H18N2O2. The molecule has 1 aliphatic heterocycles. The molecule has 2 unspecified atom stereocenters. The van der Waals surface area contributed by atoms with Crippen molar-refractivity contribution in [1.82, 2.24) is 4.90 Å². The van der Waals surface area contributed by atoms with Gasteiger partial charge in [0.25, 0.3) is 0 Å². The zero-order chi connectivity index (χ0) is 10.9. The third kappa shape index (κ3) is 1.89. The molecule has 2 N–H and O–H groups in total. The molecule has 0 aromatic carbocycles. The van der Waals surface area contributed by atoms with Crippen molar-refractivity contribution in [2.24, 2.45) is 17.6 Å². The van der Waals surface area contributed by atoms with E-state index in [1.807, 2.05) is 20.8 Å². The van der Waals surface area contributed by atoms with Gasteiger partial charge >= 0.3 is 0 Å². The Morgan fingerprint density at radius 2 is 2.14 bits per heavy atom. The summed E-state index contributed by atoms with van der Waals surface area (Å²) in [4.78, 5) is 24.5. The first-order valence-electron chi connectivity index (χ1n) is 5.05. The van der Waals surface area contributed by atoms with E-state index in [-0.39, 0.29) is 17.7 Å². The third-order valence-electron chi connectivity index (χ3n) is 2.77. The Hall–Kier alpha value is -1.06. The van der Waals surface area contributed by atoms with Crippen molar-refractivity contribution in [3.63, 3.8) is 0 Å². The molecule has 1 fully saturated rings. The van der Waals surface area contributed by atoms with E-state index in [4.69, 9.17) is 5.73 Å². The molecule has 0 radical (unpaired) electrons. The first-order chi connectivity index (χ1) is 6.45. The average molecular weight is 198 g/mol. The Balaban J connectivity index is 2.80. The van der Waals surface area contributed by atoms with Crippen molar-refractivity contribution in [2.75, 3.05) is 6.54 Å². The highest BCUT2D eigenvalue weighted by Gasteiger charge is 2.37. The predicted octanol–water partition coefficient (Wildman–Crippen LogP) is 0.365. The van der Waals surface area contributed by atoms with Gasteiger partial charge in [0.2, 0.25) is 11.8 Å². The van der Waals surface area contributed by atoms with E-state index in [9.17, 15) is 9.59 Å². The molecule has 14 heavy (non-hydrogen) atoms. The fourth-order valence-corrected chi connectivity index (χ4v) is 1.97. The van der Waals surface area contributed by atoms with Crippen LogP contribution in [0.15, 0.2) is 0 Å². The largest absolute Gasteiger partial charge is 0.368 e. The van der Waals surface area contributed by atoms with Gasteiger partial charge < -0.3 is 10.6 Å². The number of likely N-dealkylation sites (tertiary alicyclic amines) is 1. The molecule has 2 amide bonds. The quantitative estimate of drug-likeness (QED) is 0.712. The molecule has 80 valence electrons. The number of hydrogen-bond acceptors (Lipinski definition) is 2. The van der Waals surface area contributed by atoms with Crippen LogP contribution in [0, 0.1) is 11.8 Å². The van der Waals surface area contributed by atoms with Crippen LogP contribution in [0.25, 0.3) is 0 Å². The lowest BCUT2D eigenvalue weighted by molar-refractivity contribution is -0.139. The maximum absolute atomic E-state index is 11.7. The summed E-state index contributed by atoms with van der Waals surface area (Å²) in [5.41, 5.74) is 5.29. The SMILES string of the molecule is CC1CCN(C(C(N)=O)C(C)C)C1=O. The number of nitrogens with zero attached hydrogens (tertiary/aromatic N) is 1. The van der Waals surface area contributed by atoms with Crippen LogP contribution >= 0.6 is 0 Å². The molecule has 0 aromatic rings. The van der Waals surface area contributed by atoms with E-state index in [1.165, 1.54) is 0 Å². The molecule has 1 rings (SSSR count). The molecule has 1 saturated heterocycles. The molecule has 1 aliphatic rings. The summed E-state index contributed by atoms with van der Waals surface area (Å²) in [5.74, 6) is -0.220. The van der Waals surface area contributed by atoms with Crippen LogP contribution in [0.3, 0.4) is 0 Å². The van der Waals surface area contributed by atoms with Crippen LogP contribution in [0.1, 0.15) is 27.2 Å². The van der Waals surface area contributed by atoms with Gasteiger partial charge in [-0.2, -0.15) is 0 Å². The van der Waals surface area contributed by atoms with Crippen LogP contribution in [-0.2, 0) is 9.59 Å². The highest BCUT2D eigenvalue weighted by atomic mass is 16.2. The molecule has 4 nitrogen and oxygen atoms in total. The van der Waals surface area contributed by atoms with Gasteiger partial charge in [-0.05, 0) is 12.3 Å². The van der Waals surface area contributed by atoms with E-state index in [1.54, 1.807) is 4.90 Å². The summed E-state index contributed by atoms with van der Waals surface area (Å²) in [6.45, 7) is 6.36. The Bertz CT molecular complexity index is 251. The number of amides is 2. The predicted molar refractivity (Wildman–Crippen MR) is 53.3 cm³/mol. The highest BCUT2D eigenvalue weighted by molar-refractivity contribution is 5.88. The minimum atomic E-state index is -0.438. The zero-order valence-electron chi connectivity index (χ0n) is 8.99. The van der Waals surface area contributed by atoms with E-state index in [0.717, 1.165) is 6.42 Å². The molecule has 0 aromatic heterocycles. The summed E-state index contributed by atoms with van der Waals surface area (Å²) >= 11 is 0. The maximum atomic E-state index is 11.7. The minimum Gasteiger partial charge on any atom is -0.368 e. The van der Waals surface area contributed by atoms with Crippen LogP contribution in [0.2, 0.25) is 0 Å². The van der Waals surface area contributed by atoms with Crippen molar-refractivity contribution in [3.05, 3.63) is 0 Å². The second-order valence-electron chi connectivity index (χ2n) is 4.31. The lowest BCUT2D eigenvalue weighted by Gasteiger charge is -2.28.